The molecule has 0 atom stereocenters. The van der Waals surface area contributed by atoms with E-state index < -0.39 is 13.7 Å². The van der Waals surface area contributed by atoms with Crippen molar-refractivity contribution in [3.05, 3.63) is 102 Å². The Bertz CT molecular complexity index is 1640. The number of fused-ring (bicyclic) bond motifs is 1. The van der Waals surface area contributed by atoms with Gasteiger partial charge in [-0.1, -0.05) is 75.4 Å². The molecule has 0 aliphatic heterocycles. The van der Waals surface area contributed by atoms with Crippen molar-refractivity contribution < 1.29 is 12.6 Å². The molecular formula is C31H29NO. The first-order valence-electron chi connectivity index (χ1n) is 14.0. The van der Waals surface area contributed by atoms with Crippen molar-refractivity contribution in [3.8, 4) is 33.7 Å². The molecule has 2 heteroatoms. The Balaban J connectivity index is 1.68. The summed E-state index contributed by atoms with van der Waals surface area (Å²) >= 11 is 0. The van der Waals surface area contributed by atoms with E-state index in [9.17, 15) is 0 Å². The molecule has 0 spiro atoms. The van der Waals surface area contributed by atoms with Crippen LogP contribution < -0.4 is 0 Å². The smallest absolute Gasteiger partial charge is 0.135 e. The van der Waals surface area contributed by atoms with Crippen molar-refractivity contribution in [1.82, 2.24) is 4.98 Å². The van der Waals surface area contributed by atoms with E-state index in [4.69, 9.17) is 12.6 Å². The van der Waals surface area contributed by atoms with Crippen LogP contribution in [0.15, 0.2) is 89.5 Å². The number of furan rings is 1. The summed E-state index contributed by atoms with van der Waals surface area (Å²) in [7, 11) is 0. The molecular weight excluding hydrogens is 402 g/mol. The summed E-state index contributed by atoms with van der Waals surface area (Å²) in [6, 6.07) is 24.4. The Labute approximate surface area is 204 Å². The fraction of sp³-hybridized carbons (Fsp3) is 0.194. The van der Waals surface area contributed by atoms with Gasteiger partial charge in [0.1, 0.15) is 11.3 Å². The molecule has 0 bridgehead atoms. The Morgan fingerprint density at radius 2 is 1.58 bits per heavy atom. The molecule has 0 fully saturated rings. The molecule has 2 nitrogen and oxygen atoms in total. The van der Waals surface area contributed by atoms with Gasteiger partial charge in [-0.25, -0.2) is 0 Å². The first-order valence-corrected chi connectivity index (χ1v) is 11.0. The van der Waals surface area contributed by atoms with E-state index in [-0.39, 0.29) is 16.5 Å². The lowest BCUT2D eigenvalue weighted by Gasteiger charge is -2.21. The number of benzene rings is 3. The van der Waals surface area contributed by atoms with Crippen LogP contribution >= 0.6 is 0 Å². The molecule has 2 heterocycles. The van der Waals surface area contributed by atoms with Gasteiger partial charge in [0, 0.05) is 30.9 Å². The van der Waals surface area contributed by atoms with Gasteiger partial charge in [-0.2, -0.15) is 0 Å². The minimum atomic E-state index is -2.48. The molecule has 0 unspecified atom stereocenters. The highest BCUT2D eigenvalue weighted by Crippen LogP contribution is 2.34. The normalized spacial score (nSPS) is 15.2. The van der Waals surface area contributed by atoms with Gasteiger partial charge in [0.25, 0.3) is 0 Å². The molecule has 0 N–H and O–H groups in total. The third-order valence-corrected chi connectivity index (χ3v) is 5.95. The van der Waals surface area contributed by atoms with Gasteiger partial charge in [0.2, 0.25) is 0 Å². The van der Waals surface area contributed by atoms with E-state index in [2.05, 4.69) is 4.98 Å². The highest BCUT2D eigenvalue weighted by Gasteiger charge is 2.16. The number of aromatic nitrogens is 1. The summed E-state index contributed by atoms with van der Waals surface area (Å²) in [4.78, 5) is 4.50. The van der Waals surface area contributed by atoms with Crippen molar-refractivity contribution in [2.24, 2.45) is 0 Å². The highest BCUT2D eigenvalue weighted by atomic mass is 16.3. The van der Waals surface area contributed by atoms with Gasteiger partial charge in [-0.15, -0.1) is 0 Å². The molecule has 0 radical (unpaired) electrons. The molecule has 0 aliphatic rings. The number of rotatable bonds is 3. The molecule has 5 aromatic rings. The molecule has 2 aromatic heterocycles. The zero-order chi connectivity index (χ0) is 28.2. The SMILES string of the molecule is [2H]C([2H])([2H])c1cnc(-c2cccc(-c3cc4ccccc4o3)c2)cc1-c1ccc(C(C)(C)C)cc1C([2H])([2H])[2H]. The predicted molar refractivity (Wildman–Crippen MR) is 138 cm³/mol. The standard InChI is InChI=1S/C31H29NO/c1-20-15-25(31(3,4)5)13-14-26(20)27-18-28(32-19-21(27)2)22-10-8-11-23(16-22)30-17-24-9-6-7-12-29(24)33-30/h6-19H,1-5H3/i1D3,2D3. The van der Waals surface area contributed by atoms with Crippen molar-refractivity contribution in [3.63, 3.8) is 0 Å². The lowest BCUT2D eigenvalue weighted by atomic mass is 9.84. The quantitative estimate of drug-likeness (QED) is 0.282. The average molecular weight is 438 g/mol. The summed E-state index contributed by atoms with van der Waals surface area (Å²) in [5.41, 5.74) is 4.35. The van der Waals surface area contributed by atoms with Crippen LogP contribution in [0, 0.1) is 13.7 Å². The van der Waals surface area contributed by atoms with Crippen molar-refractivity contribution in [2.75, 3.05) is 0 Å². The van der Waals surface area contributed by atoms with Crippen LogP contribution in [0.4, 0.5) is 0 Å². The fourth-order valence-corrected chi connectivity index (χ4v) is 4.04. The molecule has 33 heavy (non-hydrogen) atoms. The third kappa shape index (κ3) is 4.09. The van der Waals surface area contributed by atoms with Crippen LogP contribution in [0.2, 0.25) is 0 Å². The number of nitrogens with zero attached hydrogens (tertiary/aromatic N) is 1. The Morgan fingerprint density at radius 3 is 2.36 bits per heavy atom. The van der Waals surface area contributed by atoms with Gasteiger partial charge < -0.3 is 4.42 Å². The first-order chi connectivity index (χ1) is 18.2. The van der Waals surface area contributed by atoms with Gasteiger partial charge in [-0.3, -0.25) is 4.98 Å². The monoisotopic (exact) mass is 437 g/mol. The minimum absolute atomic E-state index is 0.00805. The largest absolute Gasteiger partial charge is 0.456 e. The fourth-order valence-electron chi connectivity index (χ4n) is 4.04. The second-order valence-corrected chi connectivity index (χ2v) is 9.35. The minimum Gasteiger partial charge on any atom is -0.456 e. The summed E-state index contributed by atoms with van der Waals surface area (Å²) in [6.07, 6.45) is 1.34. The molecule has 164 valence electrons. The maximum Gasteiger partial charge on any atom is 0.135 e. The van der Waals surface area contributed by atoms with E-state index in [0.717, 1.165) is 27.7 Å². The van der Waals surface area contributed by atoms with Gasteiger partial charge in [0.05, 0.1) is 5.69 Å². The van der Waals surface area contributed by atoms with E-state index in [1.165, 1.54) is 6.20 Å². The van der Waals surface area contributed by atoms with Crippen molar-refractivity contribution >= 4 is 11.0 Å². The van der Waals surface area contributed by atoms with Crippen LogP contribution in [0.1, 0.15) is 45.7 Å². The van der Waals surface area contributed by atoms with Crippen LogP contribution in [0.5, 0.6) is 0 Å². The lowest BCUT2D eigenvalue weighted by molar-refractivity contribution is 0.590. The van der Waals surface area contributed by atoms with E-state index >= 15 is 0 Å². The maximum atomic E-state index is 8.24. The average Bonchev–Trinajstić information content (AvgIpc) is 3.31. The number of aryl methyl sites for hydroxylation is 2. The van der Waals surface area contributed by atoms with Crippen molar-refractivity contribution in [2.45, 2.75) is 39.9 Å². The number of hydrogen-bond acceptors (Lipinski definition) is 2. The Morgan fingerprint density at radius 1 is 0.758 bits per heavy atom. The molecule has 0 saturated carbocycles. The summed E-state index contributed by atoms with van der Waals surface area (Å²) in [5.74, 6) is 0.708. The van der Waals surface area contributed by atoms with Gasteiger partial charge in [0.15, 0.2) is 0 Å². The first kappa shape index (κ1) is 15.2. The molecule has 5 rings (SSSR count). The highest BCUT2D eigenvalue weighted by molar-refractivity contribution is 5.84. The summed E-state index contributed by atoms with van der Waals surface area (Å²) < 4.78 is 55.2. The predicted octanol–water partition coefficient (Wildman–Crippen LogP) is 8.74. The third-order valence-electron chi connectivity index (χ3n) is 5.95. The molecule has 0 aliphatic carbocycles. The Kier molecular flexibility index (Phi) is 3.71. The van der Waals surface area contributed by atoms with Gasteiger partial charge >= 0.3 is 0 Å². The van der Waals surface area contributed by atoms with E-state index in [0.29, 0.717) is 22.6 Å². The lowest BCUT2D eigenvalue weighted by Crippen LogP contribution is -2.11. The zero-order valence-electron chi connectivity index (χ0n) is 24.9. The summed E-state index contributed by atoms with van der Waals surface area (Å²) in [5, 5.41) is 0.997. The van der Waals surface area contributed by atoms with Crippen molar-refractivity contribution in [1.29, 1.82) is 0 Å². The topological polar surface area (TPSA) is 26.0 Å². The second-order valence-electron chi connectivity index (χ2n) is 9.35. The molecule has 0 saturated heterocycles. The molecule has 0 amide bonds. The summed E-state index contributed by atoms with van der Waals surface area (Å²) in [6.45, 7) is 1.12. The van der Waals surface area contributed by atoms with Crippen LogP contribution in [0.25, 0.3) is 44.7 Å². The Hall–Kier alpha value is -3.65. The van der Waals surface area contributed by atoms with Crippen LogP contribution in [-0.4, -0.2) is 4.98 Å². The number of pyridine rings is 1. The van der Waals surface area contributed by atoms with E-state index in [1.807, 2.05) is 81.4 Å². The van der Waals surface area contributed by atoms with Gasteiger partial charge in [-0.05, 0) is 71.2 Å². The number of para-hydroxylation sites is 1. The van der Waals surface area contributed by atoms with Crippen LogP contribution in [0.3, 0.4) is 0 Å². The zero-order valence-corrected chi connectivity index (χ0v) is 18.9. The van der Waals surface area contributed by atoms with E-state index in [1.54, 1.807) is 18.2 Å². The second kappa shape index (κ2) is 8.04. The van der Waals surface area contributed by atoms with Crippen LogP contribution in [-0.2, 0) is 5.41 Å². The molecule has 3 aromatic carbocycles. The maximum absolute atomic E-state index is 8.24. The number of hydrogen-bond donors (Lipinski definition) is 0.